The van der Waals surface area contributed by atoms with Crippen molar-refractivity contribution >= 4 is 34.0 Å². The Bertz CT molecular complexity index is 1430. The van der Waals surface area contributed by atoms with Gasteiger partial charge in [-0.2, -0.15) is 4.98 Å². The monoisotopic (exact) mass is 400 g/mol. The number of hydrogen-bond donors (Lipinski definition) is 1. The van der Waals surface area contributed by atoms with Gasteiger partial charge in [0.05, 0.1) is 23.3 Å². The number of nitrogens with one attached hydrogen (secondary N) is 1. The van der Waals surface area contributed by atoms with Crippen LogP contribution in [0.15, 0.2) is 70.7 Å². The van der Waals surface area contributed by atoms with Crippen LogP contribution in [0.25, 0.3) is 28.1 Å². The van der Waals surface area contributed by atoms with Crippen LogP contribution in [-0.2, 0) is 0 Å². The average Bonchev–Trinajstić information content (AvgIpc) is 3.33. The number of benzene rings is 2. The van der Waals surface area contributed by atoms with Crippen molar-refractivity contribution in [2.45, 2.75) is 17.4 Å². The molecule has 1 aliphatic rings. The van der Waals surface area contributed by atoms with Crippen LogP contribution in [-0.4, -0.2) is 34.8 Å². The summed E-state index contributed by atoms with van der Waals surface area (Å²) in [5.41, 5.74) is 4.06. The number of imidazole rings is 2. The minimum atomic E-state index is -0.159. The van der Waals surface area contributed by atoms with Crippen molar-refractivity contribution in [3.63, 3.8) is 0 Å². The van der Waals surface area contributed by atoms with Gasteiger partial charge in [-0.15, -0.1) is 11.8 Å². The summed E-state index contributed by atoms with van der Waals surface area (Å²) < 4.78 is 3.62. The summed E-state index contributed by atoms with van der Waals surface area (Å²) >= 11 is 1.83. The van der Waals surface area contributed by atoms with Gasteiger partial charge in [0, 0.05) is 10.6 Å². The van der Waals surface area contributed by atoms with Crippen molar-refractivity contribution in [1.82, 2.24) is 29.1 Å². The topological polar surface area (TPSA) is 81.4 Å². The maximum absolute atomic E-state index is 12.9. The smallest absolute Gasteiger partial charge is 0.303 e. The molecule has 1 atom stereocenters. The number of fused-ring (bicyclic) bond motifs is 3. The molecule has 1 unspecified atom stereocenters. The van der Waals surface area contributed by atoms with Gasteiger partial charge in [-0.3, -0.25) is 9.13 Å². The Labute approximate surface area is 169 Å². The zero-order valence-electron chi connectivity index (χ0n) is 15.3. The van der Waals surface area contributed by atoms with E-state index in [1.807, 2.05) is 52.7 Å². The number of para-hydroxylation sites is 2. The van der Waals surface area contributed by atoms with Gasteiger partial charge in [0.25, 0.3) is 0 Å². The van der Waals surface area contributed by atoms with Crippen molar-refractivity contribution in [3.8, 4) is 5.95 Å². The van der Waals surface area contributed by atoms with Crippen molar-refractivity contribution in [2.24, 2.45) is 0 Å². The lowest BCUT2D eigenvalue weighted by molar-refractivity contribution is 0.550. The van der Waals surface area contributed by atoms with E-state index < -0.39 is 0 Å². The van der Waals surface area contributed by atoms with Gasteiger partial charge in [-0.1, -0.05) is 30.3 Å². The first-order chi connectivity index (χ1) is 14.3. The van der Waals surface area contributed by atoms with Gasteiger partial charge < -0.3 is 4.98 Å². The molecule has 1 N–H and O–H groups in total. The lowest BCUT2D eigenvalue weighted by atomic mass is 10.0. The molecular formula is C21H16N6OS. The van der Waals surface area contributed by atoms with Crippen LogP contribution >= 0.6 is 11.8 Å². The number of rotatable bonds is 2. The summed E-state index contributed by atoms with van der Waals surface area (Å²) in [5, 5.41) is 0. The van der Waals surface area contributed by atoms with E-state index in [1.54, 1.807) is 17.1 Å². The predicted molar refractivity (Wildman–Crippen MR) is 113 cm³/mol. The summed E-state index contributed by atoms with van der Waals surface area (Å²) in [6, 6.07) is 16.1. The molecule has 0 saturated heterocycles. The number of nitrogens with zero attached hydrogens (tertiary/aromatic N) is 5. The third-order valence-electron chi connectivity index (χ3n) is 5.35. The van der Waals surface area contributed by atoms with Crippen LogP contribution in [0, 0.1) is 0 Å². The minimum Gasteiger partial charge on any atom is -0.303 e. The van der Waals surface area contributed by atoms with E-state index in [1.165, 1.54) is 10.5 Å². The lowest BCUT2D eigenvalue weighted by Crippen LogP contribution is -2.26. The highest BCUT2D eigenvalue weighted by Crippen LogP contribution is 2.38. The van der Waals surface area contributed by atoms with Gasteiger partial charge in [-0.25, -0.2) is 14.8 Å². The predicted octanol–water partition coefficient (Wildman–Crippen LogP) is 3.54. The van der Waals surface area contributed by atoms with E-state index in [0.29, 0.717) is 17.1 Å². The number of aromatic amines is 1. The van der Waals surface area contributed by atoms with Gasteiger partial charge in [0.15, 0.2) is 5.65 Å². The fraction of sp³-hybridized carbons (Fsp3) is 0.143. The van der Waals surface area contributed by atoms with E-state index in [-0.39, 0.29) is 11.7 Å². The maximum Gasteiger partial charge on any atom is 0.328 e. The number of aromatic nitrogens is 6. The largest absolute Gasteiger partial charge is 0.328 e. The molecule has 0 fully saturated rings. The molecule has 0 aliphatic carbocycles. The van der Waals surface area contributed by atoms with E-state index in [4.69, 9.17) is 4.98 Å². The van der Waals surface area contributed by atoms with Crippen LogP contribution in [0.5, 0.6) is 0 Å². The average molecular weight is 400 g/mol. The van der Waals surface area contributed by atoms with E-state index in [0.717, 1.165) is 23.2 Å². The summed E-state index contributed by atoms with van der Waals surface area (Å²) in [7, 11) is 0. The van der Waals surface area contributed by atoms with Gasteiger partial charge in [0.1, 0.15) is 11.8 Å². The molecule has 3 aromatic heterocycles. The Morgan fingerprint density at radius 1 is 1.07 bits per heavy atom. The third kappa shape index (κ3) is 2.52. The van der Waals surface area contributed by atoms with Crippen LogP contribution in [0.3, 0.4) is 0 Å². The Morgan fingerprint density at radius 3 is 2.90 bits per heavy atom. The number of H-pyrrole nitrogens is 1. The van der Waals surface area contributed by atoms with E-state index in [9.17, 15) is 4.79 Å². The van der Waals surface area contributed by atoms with E-state index in [2.05, 4.69) is 27.1 Å². The van der Waals surface area contributed by atoms with Crippen molar-refractivity contribution in [3.05, 3.63) is 77.1 Å². The number of thioether (sulfide) groups is 1. The summed E-state index contributed by atoms with van der Waals surface area (Å²) in [4.78, 5) is 30.7. The normalized spacial score (nSPS) is 16.3. The molecule has 0 radical (unpaired) electrons. The second-order valence-corrected chi connectivity index (χ2v) is 8.14. The summed E-state index contributed by atoms with van der Waals surface area (Å²) in [6.07, 6.45) is 4.27. The standard InChI is InChI=1S/C21H16N6OS/c28-21-24-15-11-22-20(26-12-23-14-6-2-3-7-17(14)26)25-19(15)27(21)16-9-10-29-18-8-4-1-5-13(16)18/h1-8,11-12,16H,9-10H2,(H,24,28). The molecule has 4 heterocycles. The Morgan fingerprint density at radius 2 is 1.93 bits per heavy atom. The van der Waals surface area contributed by atoms with Crippen LogP contribution < -0.4 is 5.69 Å². The van der Waals surface area contributed by atoms with Gasteiger partial charge in [-0.05, 0) is 30.2 Å². The molecule has 5 aromatic rings. The SMILES string of the molecule is O=c1[nH]c2cnc(-n3cnc4ccccc43)nc2n1C1CCSc2ccccc21. The van der Waals surface area contributed by atoms with Crippen LogP contribution in [0.2, 0.25) is 0 Å². The highest BCUT2D eigenvalue weighted by molar-refractivity contribution is 7.99. The molecule has 0 amide bonds. The molecule has 0 bridgehead atoms. The van der Waals surface area contributed by atoms with Crippen LogP contribution in [0.1, 0.15) is 18.0 Å². The molecule has 7 nitrogen and oxygen atoms in total. The first-order valence-electron chi connectivity index (χ1n) is 9.41. The van der Waals surface area contributed by atoms with Crippen LogP contribution in [0.4, 0.5) is 0 Å². The molecule has 29 heavy (non-hydrogen) atoms. The second kappa shape index (κ2) is 6.31. The maximum atomic E-state index is 12.9. The summed E-state index contributed by atoms with van der Waals surface area (Å²) in [6.45, 7) is 0. The molecule has 8 heteroatoms. The van der Waals surface area contributed by atoms with E-state index >= 15 is 0 Å². The van der Waals surface area contributed by atoms with Crippen molar-refractivity contribution in [2.75, 3.05) is 5.75 Å². The molecule has 0 saturated carbocycles. The molecule has 142 valence electrons. The zero-order chi connectivity index (χ0) is 19.4. The van der Waals surface area contributed by atoms with Crippen molar-refractivity contribution < 1.29 is 0 Å². The summed E-state index contributed by atoms with van der Waals surface area (Å²) in [5.74, 6) is 1.46. The molecule has 2 aromatic carbocycles. The molecule has 1 aliphatic heterocycles. The quantitative estimate of drug-likeness (QED) is 0.490. The fourth-order valence-electron chi connectivity index (χ4n) is 4.02. The molecule has 6 rings (SSSR count). The number of hydrogen-bond acceptors (Lipinski definition) is 5. The fourth-order valence-corrected chi connectivity index (χ4v) is 5.13. The first kappa shape index (κ1) is 16.6. The highest BCUT2D eigenvalue weighted by Gasteiger charge is 2.26. The minimum absolute atomic E-state index is 0.0454. The van der Waals surface area contributed by atoms with Gasteiger partial charge >= 0.3 is 5.69 Å². The Kier molecular flexibility index (Phi) is 3.60. The second-order valence-electron chi connectivity index (χ2n) is 7.00. The molecule has 0 spiro atoms. The van der Waals surface area contributed by atoms with Crippen molar-refractivity contribution in [1.29, 1.82) is 0 Å². The molecular weight excluding hydrogens is 384 g/mol. The van der Waals surface area contributed by atoms with Gasteiger partial charge in [0.2, 0.25) is 5.95 Å². The highest BCUT2D eigenvalue weighted by atomic mass is 32.2. The lowest BCUT2D eigenvalue weighted by Gasteiger charge is -2.25. The Balaban J connectivity index is 1.57. The first-order valence-corrected chi connectivity index (χ1v) is 10.4. The third-order valence-corrected chi connectivity index (χ3v) is 6.47. The Hall–Kier alpha value is -3.39. The zero-order valence-corrected chi connectivity index (χ0v) is 16.1.